The standard InChI is InChI=1S/C21H23ClN4O2S/c1-4-26-20(15(3)28-18-11-6-5-10-17(18)22)24-25-21(26)29-13-19(27)23-16-9-7-8-14(2)12-16/h5-12,15H,4,13H2,1-3H3,(H,23,27). The zero-order chi connectivity index (χ0) is 20.8. The highest BCUT2D eigenvalue weighted by molar-refractivity contribution is 7.99. The molecule has 0 fully saturated rings. The van der Waals surface area contributed by atoms with Crippen molar-refractivity contribution in [3.05, 3.63) is 64.9 Å². The van der Waals surface area contributed by atoms with Crippen LogP contribution in [0.2, 0.25) is 5.02 Å². The van der Waals surface area contributed by atoms with Crippen molar-refractivity contribution in [3.8, 4) is 5.75 Å². The number of aryl methyl sites for hydroxylation is 1. The average Bonchev–Trinajstić information content (AvgIpc) is 3.11. The number of anilines is 1. The van der Waals surface area contributed by atoms with E-state index in [-0.39, 0.29) is 17.8 Å². The van der Waals surface area contributed by atoms with E-state index < -0.39 is 0 Å². The Morgan fingerprint density at radius 1 is 1.24 bits per heavy atom. The summed E-state index contributed by atoms with van der Waals surface area (Å²) in [4.78, 5) is 12.3. The fraction of sp³-hybridized carbons (Fsp3) is 0.286. The maximum Gasteiger partial charge on any atom is 0.234 e. The number of rotatable bonds is 8. The van der Waals surface area contributed by atoms with Crippen molar-refractivity contribution in [2.24, 2.45) is 0 Å². The monoisotopic (exact) mass is 430 g/mol. The summed E-state index contributed by atoms with van der Waals surface area (Å²) in [5.41, 5.74) is 1.88. The summed E-state index contributed by atoms with van der Waals surface area (Å²) in [5, 5.41) is 12.7. The molecule has 0 aliphatic carbocycles. The van der Waals surface area contributed by atoms with Crippen molar-refractivity contribution in [2.75, 3.05) is 11.1 Å². The molecule has 29 heavy (non-hydrogen) atoms. The van der Waals surface area contributed by atoms with Crippen LogP contribution in [-0.2, 0) is 11.3 Å². The first-order valence-corrected chi connectivity index (χ1v) is 10.7. The molecule has 6 nitrogen and oxygen atoms in total. The minimum absolute atomic E-state index is 0.0897. The lowest BCUT2D eigenvalue weighted by Crippen LogP contribution is -2.15. The zero-order valence-corrected chi connectivity index (χ0v) is 18.1. The van der Waals surface area contributed by atoms with Crippen molar-refractivity contribution >= 4 is 35.0 Å². The van der Waals surface area contributed by atoms with Gasteiger partial charge in [0.25, 0.3) is 0 Å². The number of hydrogen-bond donors (Lipinski definition) is 1. The van der Waals surface area contributed by atoms with Gasteiger partial charge in [-0.05, 0) is 50.6 Å². The number of ether oxygens (including phenoxy) is 1. The van der Waals surface area contributed by atoms with Gasteiger partial charge in [0.2, 0.25) is 5.91 Å². The second-order valence-corrected chi connectivity index (χ2v) is 7.83. The molecular formula is C21H23ClN4O2S. The molecular weight excluding hydrogens is 408 g/mol. The molecule has 1 atom stereocenters. The Hall–Kier alpha value is -2.51. The van der Waals surface area contributed by atoms with Crippen molar-refractivity contribution in [3.63, 3.8) is 0 Å². The summed E-state index contributed by atoms with van der Waals surface area (Å²) in [6.45, 7) is 6.56. The fourth-order valence-corrected chi connectivity index (χ4v) is 3.83. The van der Waals surface area contributed by atoms with Crippen LogP contribution in [0.15, 0.2) is 53.7 Å². The number of hydrogen-bond acceptors (Lipinski definition) is 5. The Bertz CT molecular complexity index is 992. The van der Waals surface area contributed by atoms with Crippen molar-refractivity contribution < 1.29 is 9.53 Å². The molecule has 0 bridgehead atoms. The minimum atomic E-state index is -0.335. The van der Waals surface area contributed by atoms with Crippen LogP contribution >= 0.6 is 23.4 Å². The second-order valence-electron chi connectivity index (χ2n) is 6.48. The number of nitrogens with zero attached hydrogens (tertiary/aromatic N) is 3. The smallest absolute Gasteiger partial charge is 0.234 e. The van der Waals surface area contributed by atoms with Crippen LogP contribution in [0.5, 0.6) is 5.75 Å². The first kappa shape index (κ1) is 21.2. The van der Waals surface area contributed by atoms with Crippen LogP contribution in [-0.4, -0.2) is 26.4 Å². The molecule has 8 heteroatoms. The molecule has 3 aromatic rings. The summed E-state index contributed by atoms with van der Waals surface area (Å²) in [7, 11) is 0. The van der Waals surface area contributed by atoms with Crippen LogP contribution in [0, 0.1) is 6.92 Å². The highest BCUT2D eigenvalue weighted by Crippen LogP contribution is 2.29. The number of aromatic nitrogens is 3. The van der Waals surface area contributed by atoms with Gasteiger partial charge >= 0.3 is 0 Å². The van der Waals surface area contributed by atoms with Crippen molar-refractivity contribution in [2.45, 2.75) is 38.6 Å². The van der Waals surface area contributed by atoms with Gasteiger partial charge in [0.1, 0.15) is 5.75 Å². The van der Waals surface area contributed by atoms with Crippen LogP contribution in [0.4, 0.5) is 5.69 Å². The molecule has 0 aliphatic rings. The molecule has 0 radical (unpaired) electrons. The summed E-state index contributed by atoms with van der Waals surface area (Å²) < 4.78 is 7.91. The topological polar surface area (TPSA) is 69.0 Å². The third kappa shape index (κ3) is 5.52. The molecule has 0 saturated carbocycles. The summed E-state index contributed by atoms with van der Waals surface area (Å²) in [6, 6.07) is 15.0. The number of nitrogens with one attached hydrogen (secondary N) is 1. The maximum absolute atomic E-state index is 12.3. The normalized spacial score (nSPS) is 11.9. The number of halogens is 1. The minimum Gasteiger partial charge on any atom is -0.481 e. The molecule has 1 heterocycles. The van der Waals surface area contributed by atoms with Gasteiger partial charge in [-0.3, -0.25) is 4.79 Å². The number of carbonyl (C=O) groups excluding carboxylic acids is 1. The number of amides is 1. The Labute approximate surface area is 179 Å². The lowest BCUT2D eigenvalue weighted by atomic mass is 10.2. The molecule has 1 N–H and O–H groups in total. The number of para-hydroxylation sites is 1. The van der Waals surface area contributed by atoms with E-state index in [1.807, 2.05) is 67.8 Å². The van der Waals surface area contributed by atoms with Gasteiger partial charge in [0.15, 0.2) is 17.1 Å². The second kappa shape index (κ2) is 9.80. The van der Waals surface area contributed by atoms with E-state index in [2.05, 4.69) is 15.5 Å². The molecule has 0 spiro atoms. The quantitative estimate of drug-likeness (QED) is 0.501. The van der Waals surface area contributed by atoms with Crippen molar-refractivity contribution in [1.29, 1.82) is 0 Å². The third-order valence-corrected chi connectivity index (χ3v) is 5.48. The molecule has 1 aromatic heterocycles. The molecule has 0 aliphatic heterocycles. The maximum atomic E-state index is 12.3. The van der Waals surface area contributed by atoms with E-state index in [4.69, 9.17) is 16.3 Å². The lowest BCUT2D eigenvalue weighted by molar-refractivity contribution is -0.113. The molecule has 1 amide bonds. The predicted molar refractivity (Wildman–Crippen MR) is 117 cm³/mol. The SMILES string of the molecule is CCn1c(SCC(=O)Nc2cccc(C)c2)nnc1C(C)Oc1ccccc1Cl. The van der Waals surface area contributed by atoms with E-state index in [0.29, 0.717) is 28.3 Å². The Kier molecular flexibility index (Phi) is 7.17. The van der Waals surface area contributed by atoms with E-state index >= 15 is 0 Å². The van der Waals surface area contributed by atoms with E-state index in [9.17, 15) is 4.79 Å². The van der Waals surface area contributed by atoms with Gasteiger partial charge in [0, 0.05) is 12.2 Å². The van der Waals surface area contributed by atoms with Gasteiger partial charge < -0.3 is 14.6 Å². The predicted octanol–water partition coefficient (Wildman–Crippen LogP) is 5.13. The summed E-state index contributed by atoms with van der Waals surface area (Å²) in [6.07, 6.45) is -0.335. The van der Waals surface area contributed by atoms with Gasteiger partial charge in [-0.1, -0.05) is 47.6 Å². The van der Waals surface area contributed by atoms with E-state index in [0.717, 1.165) is 11.3 Å². The van der Waals surface area contributed by atoms with E-state index in [1.54, 1.807) is 6.07 Å². The zero-order valence-electron chi connectivity index (χ0n) is 16.6. The highest BCUT2D eigenvalue weighted by atomic mass is 35.5. The first-order chi connectivity index (χ1) is 14.0. The molecule has 0 saturated heterocycles. The Morgan fingerprint density at radius 2 is 2.03 bits per heavy atom. The first-order valence-electron chi connectivity index (χ1n) is 9.31. The van der Waals surface area contributed by atoms with Crippen LogP contribution in [0.1, 0.15) is 31.3 Å². The summed E-state index contributed by atoms with van der Waals surface area (Å²) >= 11 is 7.53. The van der Waals surface area contributed by atoms with Gasteiger partial charge in [0.05, 0.1) is 10.8 Å². The van der Waals surface area contributed by atoms with Gasteiger partial charge in [-0.25, -0.2) is 0 Å². The Morgan fingerprint density at radius 3 is 2.76 bits per heavy atom. The summed E-state index contributed by atoms with van der Waals surface area (Å²) in [5.74, 6) is 1.44. The number of thioether (sulfide) groups is 1. The van der Waals surface area contributed by atoms with Gasteiger partial charge in [-0.15, -0.1) is 10.2 Å². The fourth-order valence-electron chi connectivity index (χ4n) is 2.84. The Balaban J connectivity index is 1.64. The van der Waals surface area contributed by atoms with Crippen molar-refractivity contribution in [1.82, 2.24) is 14.8 Å². The van der Waals surface area contributed by atoms with Crippen LogP contribution in [0.3, 0.4) is 0 Å². The van der Waals surface area contributed by atoms with E-state index in [1.165, 1.54) is 11.8 Å². The molecule has 152 valence electrons. The number of carbonyl (C=O) groups is 1. The third-order valence-electron chi connectivity index (χ3n) is 4.20. The molecule has 3 rings (SSSR count). The highest BCUT2D eigenvalue weighted by Gasteiger charge is 2.20. The lowest BCUT2D eigenvalue weighted by Gasteiger charge is -2.16. The number of benzene rings is 2. The largest absolute Gasteiger partial charge is 0.481 e. The van der Waals surface area contributed by atoms with Crippen LogP contribution < -0.4 is 10.1 Å². The molecule has 1 unspecified atom stereocenters. The van der Waals surface area contributed by atoms with Gasteiger partial charge in [-0.2, -0.15) is 0 Å². The average molecular weight is 431 g/mol. The van der Waals surface area contributed by atoms with Crippen LogP contribution in [0.25, 0.3) is 0 Å². The molecule has 2 aromatic carbocycles.